The van der Waals surface area contributed by atoms with Gasteiger partial charge in [-0.3, -0.25) is 0 Å². The molecule has 1 rings (SSSR count). The predicted octanol–water partition coefficient (Wildman–Crippen LogP) is 1.34. The van der Waals surface area contributed by atoms with Crippen molar-refractivity contribution in [3.8, 4) is 5.88 Å². The van der Waals surface area contributed by atoms with Crippen LogP contribution < -0.4 is 10.1 Å². The Morgan fingerprint density at radius 3 is 2.94 bits per heavy atom. The van der Waals surface area contributed by atoms with Crippen molar-refractivity contribution < 1.29 is 14.2 Å². The van der Waals surface area contributed by atoms with E-state index >= 15 is 0 Å². The molecule has 0 atom stereocenters. The van der Waals surface area contributed by atoms with Gasteiger partial charge in [-0.1, -0.05) is 0 Å². The molecule has 0 aliphatic rings. The van der Waals surface area contributed by atoms with Crippen LogP contribution in [-0.2, 0) is 9.47 Å². The van der Waals surface area contributed by atoms with Crippen LogP contribution in [0.4, 0.5) is 5.95 Å². The second-order valence-electron chi connectivity index (χ2n) is 3.54. The maximum atomic E-state index is 5.34. The van der Waals surface area contributed by atoms with Crippen LogP contribution in [0.1, 0.15) is 13.3 Å². The summed E-state index contributed by atoms with van der Waals surface area (Å²) < 4.78 is 15.5. The molecule has 0 unspecified atom stereocenters. The molecule has 1 N–H and O–H groups in total. The standard InChI is InChI=1S/C12H21N3O3/c1-3-18-11-5-7-14-12(15-11)13-6-4-8-17-10-9-16-2/h5,7H,3-4,6,8-10H2,1-2H3,(H,13,14,15). The third-order valence-corrected chi connectivity index (χ3v) is 2.10. The van der Waals surface area contributed by atoms with Gasteiger partial charge in [-0.05, 0) is 13.3 Å². The van der Waals surface area contributed by atoms with Crippen molar-refractivity contribution in [1.29, 1.82) is 0 Å². The van der Waals surface area contributed by atoms with Gasteiger partial charge in [0.15, 0.2) is 0 Å². The fourth-order valence-corrected chi connectivity index (χ4v) is 1.27. The fraction of sp³-hybridized carbons (Fsp3) is 0.667. The molecule has 0 bridgehead atoms. The van der Waals surface area contributed by atoms with Crippen LogP contribution in [0.15, 0.2) is 12.3 Å². The quantitative estimate of drug-likeness (QED) is 0.636. The van der Waals surface area contributed by atoms with Gasteiger partial charge in [0.2, 0.25) is 11.8 Å². The van der Waals surface area contributed by atoms with Gasteiger partial charge < -0.3 is 19.5 Å². The van der Waals surface area contributed by atoms with Crippen molar-refractivity contribution in [3.05, 3.63) is 12.3 Å². The Morgan fingerprint density at radius 2 is 2.17 bits per heavy atom. The minimum Gasteiger partial charge on any atom is -0.478 e. The summed E-state index contributed by atoms with van der Waals surface area (Å²) in [6.07, 6.45) is 2.57. The lowest BCUT2D eigenvalue weighted by Crippen LogP contribution is -2.10. The smallest absolute Gasteiger partial charge is 0.225 e. The van der Waals surface area contributed by atoms with Crippen molar-refractivity contribution in [3.63, 3.8) is 0 Å². The Kier molecular flexibility index (Phi) is 7.83. The number of nitrogens with zero attached hydrogens (tertiary/aromatic N) is 2. The van der Waals surface area contributed by atoms with E-state index < -0.39 is 0 Å². The first kappa shape index (κ1) is 14.7. The van der Waals surface area contributed by atoms with E-state index in [0.29, 0.717) is 38.3 Å². The van der Waals surface area contributed by atoms with Gasteiger partial charge in [0, 0.05) is 32.5 Å². The van der Waals surface area contributed by atoms with E-state index in [-0.39, 0.29) is 0 Å². The van der Waals surface area contributed by atoms with Crippen LogP contribution >= 0.6 is 0 Å². The first-order valence-electron chi connectivity index (χ1n) is 6.13. The molecule has 0 amide bonds. The summed E-state index contributed by atoms with van der Waals surface area (Å²) in [5, 5.41) is 3.12. The lowest BCUT2D eigenvalue weighted by Gasteiger charge is -2.07. The maximum Gasteiger partial charge on any atom is 0.225 e. The van der Waals surface area contributed by atoms with Crippen molar-refractivity contribution in [1.82, 2.24) is 9.97 Å². The number of nitrogens with one attached hydrogen (secondary N) is 1. The Balaban J connectivity index is 2.13. The summed E-state index contributed by atoms with van der Waals surface area (Å²) in [5.74, 6) is 1.17. The minimum atomic E-state index is 0.581. The van der Waals surface area contributed by atoms with E-state index in [1.165, 1.54) is 0 Å². The van der Waals surface area contributed by atoms with Gasteiger partial charge in [-0.2, -0.15) is 4.98 Å². The van der Waals surface area contributed by atoms with Crippen molar-refractivity contribution in [2.45, 2.75) is 13.3 Å². The summed E-state index contributed by atoms with van der Waals surface area (Å²) in [5.41, 5.74) is 0. The highest BCUT2D eigenvalue weighted by Crippen LogP contribution is 2.07. The molecular weight excluding hydrogens is 234 g/mol. The maximum absolute atomic E-state index is 5.34. The van der Waals surface area contributed by atoms with Gasteiger partial charge >= 0.3 is 0 Å². The topological polar surface area (TPSA) is 65.5 Å². The summed E-state index contributed by atoms with van der Waals surface area (Å²) in [6, 6.07) is 1.74. The van der Waals surface area contributed by atoms with Gasteiger partial charge in [-0.25, -0.2) is 4.98 Å². The SMILES string of the molecule is CCOc1ccnc(NCCCOCCOC)n1. The van der Waals surface area contributed by atoms with E-state index in [1.54, 1.807) is 19.4 Å². The van der Waals surface area contributed by atoms with Crippen molar-refractivity contribution in [2.75, 3.05) is 45.4 Å². The number of ether oxygens (including phenoxy) is 3. The Bertz CT molecular complexity index is 323. The molecule has 0 saturated carbocycles. The third kappa shape index (κ3) is 6.36. The Labute approximate surface area is 108 Å². The number of rotatable bonds is 10. The van der Waals surface area contributed by atoms with Gasteiger partial charge in [0.05, 0.1) is 19.8 Å². The van der Waals surface area contributed by atoms with Crippen LogP contribution in [0.25, 0.3) is 0 Å². The fourth-order valence-electron chi connectivity index (χ4n) is 1.27. The molecule has 6 heteroatoms. The molecule has 0 radical (unpaired) electrons. The molecule has 6 nitrogen and oxygen atoms in total. The lowest BCUT2D eigenvalue weighted by atomic mass is 10.4. The molecule has 102 valence electrons. The van der Waals surface area contributed by atoms with Crippen LogP contribution in [0.5, 0.6) is 5.88 Å². The zero-order valence-electron chi connectivity index (χ0n) is 11.0. The monoisotopic (exact) mass is 255 g/mol. The largest absolute Gasteiger partial charge is 0.478 e. The van der Waals surface area contributed by atoms with E-state index in [4.69, 9.17) is 14.2 Å². The molecule has 0 saturated heterocycles. The highest BCUT2D eigenvalue weighted by Gasteiger charge is 1.98. The summed E-state index contributed by atoms with van der Waals surface area (Å²) in [4.78, 5) is 8.31. The van der Waals surface area contributed by atoms with Gasteiger partial charge in [0.1, 0.15) is 0 Å². The summed E-state index contributed by atoms with van der Waals surface area (Å²) >= 11 is 0. The van der Waals surface area contributed by atoms with Crippen LogP contribution in [0.3, 0.4) is 0 Å². The van der Waals surface area contributed by atoms with Gasteiger partial charge in [0.25, 0.3) is 0 Å². The molecule has 0 aliphatic heterocycles. The highest BCUT2D eigenvalue weighted by molar-refractivity contribution is 5.27. The van der Waals surface area contributed by atoms with E-state index in [2.05, 4.69) is 15.3 Å². The first-order chi connectivity index (χ1) is 8.86. The summed E-state index contributed by atoms with van der Waals surface area (Å²) in [7, 11) is 1.66. The molecule has 1 heterocycles. The zero-order chi connectivity index (χ0) is 13.1. The van der Waals surface area contributed by atoms with E-state index in [1.807, 2.05) is 6.92 Å². The molecule has 0 fully saturated rings. The molecule has 0 aromatic carbocycles. The molecule has 18 heavy (non-hydrogen) atoms. The number of methoxy groups -OCH3 is 1. The molecule has 0 aliphatic carbocycles. The minimum absolute atomic E-state index is 0.581. The van der Waals surface area contributed by atoms with Crippen molar-refractivity contribution >= 4 is 5.95 Å². The number of anilines is 1. The number of hydrogen-bond donors (Lipinski definition) is 1. The highest BCUT2D eigenvalue weighted by atomic mass is 16.5. The second-order valence-corrected chi connectivity index (χ2v) is 3.54. The normalized spacial score (nSPS) is 10.3. The zero-order valence-corrected chi connectivity index (χ0v) is 11.0. The Hall–Kier alpha value is -1.40. The van der Waals surface area contributed by atoms with Crippen LogP contribution in [-0.4, -0.2) is 50.1 Å². The molecule has 1 aromatic heterocycles. The molecule has 1 aromatic rings. The second kappa shape index (κ2) is 9.61. The average Bonchev–Trinajstić information content (AvgIpc) is 2.39. The first-order valence-corrected chi connectivity index (χ1v) is 6.13. The van der Waals surface area contributed by atoms with E-state index in [0.717, 1.165) is 13.0 Å². The van der Waals surface area contributed by atoms with Crippen molar-refractivity contribution in [2.24, 2.45) is 0 Å². The van der Waals surface area contributed by atoms with Gasteiger partial charge in [-0.15, -0.1) is 0 Å². The molecule has 0 spiro atoms. The lowest BCUT2D eigenvalue weighted by molar-refractivity contribution is 0.0705. The van der Waals surface area contributed by atoms with E-state index in [9.17, 15) is 0 Å². The van der Waals surface area contributed by atoms with Crippen LogP contribution in [0, 0.1) is 0 Å². The summed E-state index contributed by atoms with van der Waals surface area (Å²) in [6.45, 7) is 5.25. The third-order valence-electron chi connectivity index (χ3n) is 2.10. The average molecular weight is 255 g/mol. The predicted molar refractivity (Wildman–Crippen MR) is 69.0 cm³/mol. The molecular formula is C12H21N3O3. The number of hydrogen-bond acceptors (Lipinski definition) is 6. The number of aromatic nitrogens is 2. The Morgan fingerprint density at radius 1 is 1.28 bits per heavy atom. The van der Waals surface area contributed by atoms with Crippen LogP contribution in [0.2, 0.25) is 0 Å².